The van der Waals surface area contributed by atoms with Crippen LogP contribution in [-0.2, 0) is 10.9 Å². The van der Waals surface area contributed by atoms with Crippen molar-refractivity contribution in [1.82, 2.24) is 9.88 Å². The Morgan fingerprint density at radius 1 is 1.41 bits per heavy atom. The van der Waals surface area contributed by atoms with Crippen LogP contribution in [0.5, 0.6) is 0 Å². The van der Waals surface area contributed by atoms with Crippen LogP contribution in [0.4, 0.5) is 18.0 Å². The third-order valence-corrected chi connectivity index (χ3v) is 3.87. The van der Waals surface area contributed by atoms with Crippen LogP contribution >= 0.6 is 11.3 Å². The van der Waals surface area contributed by atoms with Gasteiger partial charge in [-0.1, -0.05) is 6.08 Å². The molecule has 2 heterocycles. The van der Waals surface area contributed by atoms with Crippen LogP contribution in [0.3, 0.4) is 0 Å². The second kappa shape index (κ2) is 5.91. The van der Waals surface area contributed by atoms with Gasteiger partial charge in [0.2, 0.25) is 0 Å². The van der Waals surface area contributed by atoms with Crippen LogP contribution in [0.1, 0.15) is 30.7 Å². The number of rotatable bonds is 2. The molecule has 1 aliphatic heterocycles. The molecular formula is C14H17F3N2O2S. The van der Waals surface area contributed by atoms with Crippen LogP contribution in [0.25, 0.3) is 6.08 Å². The molecule has 1 fully saturated rings. The van der Waals surface area contributed by atoms with E-state index in [0.717, 1.165) is 0 Å². The average molecular weight is 334 g/mol. The summed E-state index contributed by atoms with van der Waals surface area (Å²) in [6.45, 7) is 6.41. The second-order valence-electron chi connectivity index (χ2n) is 6.07. The van der Waals surface area contributed by atoms with Gasteiger partial charge in [-0.3, -0.25) is 0 Å². The lowest BCUT2D eigenvalue weighted by Crippen LogP contribution is -2.50. The van der Waals surface area contributed by atoms with E-state index < -0.39 is 16.8 Å². The molecule has 0 aromatic carbocycles. The lowest BCUT2D eigenvalue weighted by Gasteiger charge is -2.38. The molecule has 8 heteroatoms. The Morgan fingerprint density at radius 2 is 2.05 bits per heavy atom. The van der Waals surface area contributed by atoms with Gasteiger partial charge in [0.05, 0.1) is 0 Å². The maximum absolute atomic E-state index is 12.4. The van der Waals surface area contributed by atoms with Crippen molar-refractivity contribution in [2.75, 3.05) is 13.1 Å². The number of likely N-dealkylation sites (tertiary alicyclic amines) is 1. The van der Waals surface area contributed by atoms with Crippen molar-refractivity contribution in [3.63, 3.8) is 0 Å². The highest BCUT2D eigenvalue weighted by Gasteiger charge is 2.35. The molecule has 0 radical (unpaired) electrons. The fourth-order valence-electron chi connectivity index (χ4n) is 1.84. The number of aromatic nitrogens is 1. The van der Waals surface area contributed by atoms with Gasteiger partial charge in [-0.15, -0.1) is 11.3 Å². The van der Waals surface area contributed by atoms with E-state index in [-0.39, 0.29) is 12.0 Å². The largest absolute Gasteiger partial charge is 0.444 e. The number of hydrogen-bond acceptors (Lipinski definition) is 4. The van der Waals surface area contributed by atoms with E-state index in [9.17, 15) is 18.0 Å². The molecule has 1 aliphatic rings. The molecule has 1 aromatic heterocycles. The molecule has 2 rings (SSSR count). The molecule has 4 nitrogen and oxygen atoms in total. The zero-order valence-electron chi connectivity index (χ0n) is 12.5. The first kappa shape index (κ1) is 16.8. The summed E-state index contributed by atoms with van der Waals surface area (Å²) in [5.74, 6) is 0.129. The summed E-state index contributed by atoms with van der Waals surface area (Å²) < 4.78 is 42.5. The van der Waals surface area contributed by atoms with E-state index in [0.29, 0.717) is 29.3 Å². The molecule has 1 amide bonds. The van der Waals surface area contributed by atoms with Crippen LogP contribution < -0.4 is 0 Å². The van der Waals surface area contributed by atoms with Crippen LogP contribution in [0.2, 0.25) is 0 Å². The monoisotopic (exact) mass is 334 g/mol. The minimum absolute atomic E-state index is 0.129. The second-order valence-corrected chi connectivity index (χ2v) is 7.13. The summed E-state index contributed by atoms with van der Waals surface area (Å²) in [6.07, 6.45) is -0.151. The number of thiazole rings is 1. The van der Waals surface area contributed by atoms with Gasteiger partial charge in [0.1, 0.15) is 5.60 Å². The smallest absolute Gasteiger partial charge is 0.443 e. The predicted octanol–water partition coefficient (Wildman–Crippen LogP) is 4.04. The summed E-state index contributed by atoms with van der Waals surface area (Å²) in [4.78, 5) is 17.1. The molecular weight excluding hydrogens is 317 g/mol. The number of carbonyl (C=O) groups is 1. The van der Waals surface area contributed by atoms with Gasteiger partial charge in [-0.25, -0.2) is 9.78 Å². The number of halogens is 3. The van der Waals surface area contributed by atoms with Gasteiger partial charge in [-0.05, 0) is 26.8 Å². The van der Waals surface area contributed by atoms with Crippen molar-refractivity contribution in [3.8, 4) is 0 Å². The fraction of sp³-hybridized carbons (Fsp3) is 0.571. The summed E-state index contributed by atoms with van der Waals surface area (Å²) >= 11 is 0.603. The molecule has 0 N–H and O–H groups in total. The number of carbonyl (C=O) groups excluding carboxylic acids is 1. The number of nitrogens with zero attached hydrogens (tertiary/aromatic N) is 2. The molecule has 122 valence electrons. The highest BCUT2D eigenvalue weighted by molar-refractivity contribution is 7.12. The van der Waals surface area contributed by atoms with E-state index in [1.165, 1.54) is 6.20 Å². The first-order valence-corrected chi connectivity index (χ1v) is 7.55. The highest BCUT2D eigenvalue weighted by Crippen LogP contribution is 2.33. The normalized spacial score (nSPS) is 16.9. The zero-order chi connectivity index (χ0) is 16.5. The van der Waals surface area contributed by atoms with Crippen molar-refractivity contribution < 1.29 is 22.7 Å². The van der Waals surface area contributed by atoms with Gasteiger partial charge < -0.3 is 9.64 Å². The molecule has 0 bridgehead atoms. The SMILES string of the molecule is CC(C)(C)OC(=O)N1CC(C=Cc2cnc(C(F)(F)F)s2)C1. The Hall–Kier alpha value is -1.57. The number of amides is 1. The van der Waals surface area contributed by atoms with Crippen molar-refractivity contribution in [1.29, 1.82) is 0 Å². The Labute approximate surface area is 130 Å². The maximum atomic E-state index is 12.4. The Morgan fingerprint density at radius 3 is 2.55 bits per heavy atom. The van der Waals surface area contributed by atoms with Gasteiger partial charge in [0, 0.05) is 30.1 Å². The lowest BCUT2D eigenvalue weighted by molar-refractivity contribution is -0.137. The van der Waals surface area contributed by atoms with Crippen LogP contribution in [0.15, 0.2) is 12.3 Å². The summed E-state index contributed by atoms with van der Waals surface area (Å²) in [5.41, 5.74) is -0.533. The van der Waals surface area contributed by atoms with Gasteiger partial charge in [-0.2, -0.15) is 13.2 Å². The Balaban J connectivity index is 1.82. The van der Waals surface area contributed by atoms with E-state index >= 15 is 0 Å². The molecule has 0 saturated carbocycles. The van der Waals surface area contributed by atoms with Crippen LogP contribution in [-0.4, -0.2) is 34.7 Å². The van der Waals surface area contributed by atoms with Crippen molar-refractivity contribution >= 4 is 23.5 Å². The van der Waals surface area contributed by atoms with Crippen molar-refractivity contribution in [3.05, 3.63) is 22.2 Å². The number of hydrogen-bond donors (Lipinski definition) is 0. The minimum Gasteiger partial charge on any atom is -0.444 e. The van der Waals surface area contributed by atoms with E-state index in [1.54, 1.807) is 37.8 Å². The molecule has 0 spiro atoms. The number of alkyl halides is 3. The fourth-order valence-corrected chi connectivity index (χ4v) is 2.53. The third kappa shape index (κ3) is 4.46. The lowest BCUT2D eigenvalue weighted by atomic mass is 10.0. The Kier molecular flexibility index (Phi) is 4.51. The first-order chi connectivity index (χ1) is 10.0. The summed E-state index contributed by atoms with van der Waals surface area (Å²) in [6, 6.07) is 0. The first-order valence-electron chi connectivity index (χ1n) is 6.74. The summed E-state index contributed by atoms with van der Waals surface area (Å²) in [7, 11) is 0. The molecule has 0 atom stereocenters. The van der Waals surface area contributed by atoms with Gasteiger partial charge in [0.25, 0.3) is 0 Å². The van der Waals surface area contributed by atoms with E-state index in [2.05, 4.69) is 4.98 Å². The maximum Gasteiger partial charge on any atom is 0.443 e. The quantitative estimate of drug-likeness (QED) is 0.820. The predicted molar refractivity (Wildman–Crippen MR) is 77.4 cm³/mol. The van der Waals surface area contributed by atoms with Crippen LogP contribution in [0, 0.1) is 5.92 Å². The van der Waals surface area contributed by atoms with Gasteiger partial charge >= 0.3 is 12.3 Å². The van der Waals surface area contributed by atoms with E-state index in [1.807, 2.05) is 0 Å². The molecule has 0 unspecified atom stereocenters. The third-order valence-electron chi connectivity index (χ3n) is 2.86. The number of ether oxygens (including phenoxy) is 1. The standard InChI is InChI=1S/C14H17F3N2O2S/c1-13(2,3)21-12(20)19-7-9(8-19)4-5-10-6-18-11(22-10)14(15,16)17/h4-6,9H,7-8H2,1-3H3. The van der Waals surface area contributed by atoms with E-state index in [4.69, 9.17) is 4.74 Å². The average Bonchev–Trinajstić information content (AvgIpc) is 2.72. The molecule has 1 saturated heterocycles. The minimum atomic E-state index is -4.40. The van der Waals surface area contributed by atoms with Gasteiger partial charge in [0.15, 0.2) is 5.01 Å². The highest BCUT2D eigenvalue weighted by atomic mass is 32.1. The topological polar surface area (TPSA) is 42.4 Å². The van der Waals surface area contributed by atoms with Crippen molar-refractivity contribution in [2.24, 2.45) is 5.92 Å². The van der Waals surface area contributed by atoms with Crippen molar-refractivity contribution in [2.45, 2.75) is 32.5 Å². The molecule has 0 aliphatic carbocycles. The summed E-state index contributed by atoms with van der Waals surface area (Å²) in [5, 5.41) is -0.851. The zero-order valence-corrected chi connectivity index (χ0v) is 13.3. The Bertz CT molecular complexity index is 569. The molecule has 22 heavy (non-hydrogen) atoms. The molecule has 1 aromatic rings.